The monoisotopic (exact) mass is 411 g/mol. The average Bonchev–Trinajstić information content (AvgIpc) is 2.97. The summed E-state index contributed by atoms with van der Waals surface area (Å²) < 4.78 is 7.59. The molecule has 3 aromatic rings. The molecule has 1 aromatic heterocycles. The van der Waals surface area contributed by atoms with E-state index in [1.54, 1.807) is 18.0 Å². The van der Waals surface area contributed by atoms with Crippen molar-refractivity contribution in [2.75, 3.05) is 20.2 Å². The molecule has 0 aliphatic heterocycles. The van der Waals surface area contributed by atoms with Gasteiger partial charge in [0.05, 0.1) is 29.4 Å². The Labute approximate surface area is 176 Å². The molecular weight excluding hydrogens is 386 g/mol. The van der Waals surface area contributed by atoms with Gasteiger partial charge in [-0.15, -0.1) is 0 Å². The van der Waals surface area contributed by atoms with Crippen molar-refractivity contribution in [3.63, 3.8) is 0 Å². The number of ether oxygens (including phenoxy) is 1. The predicted molar refractivity (Wildman–Crippen MR) is 116 cm³/mol. The molecule has 152 valence electrons. The number of halogens is 1. The van der Waals surface area contributed by atoms with Gasteiger partial charge < -0.3 is 9.64 Å². The summed E-state index contributed by atoms with van der Waals surface area (Å²) in [5.74, 6) is 0.561. The van der Waals surface area contributed by atoms with Gasteiger partial charge >= 0.3 is 0 Å². The third-order valence-electron chi connectivity index (χ3n) is 4.92. The summed E-state index contributed by atoms with van der Waals surface area (Å²) in [6.45, 7) is 7.33. The molecule has 0 atom stereocenters. The third-order valence-corrected chi connectivity index (χ3v) is 5.23. The largest absolute Gasteiger partial charge is 0.490 e. The molecule has 29 heavy (non-hydrogen) atoms. The van der Waals surface area contributed by atoms with E-state index in [4.69, 9.17) is 16.3 Å². The number of hydrogen-bond acceptors (Lipinski definition) is 3. The summed E-state index contributed by atoms with van der Waals surface area (Å²) >= 11 is 6.10. The molecule has 1 amide bonds. The fraction of sp³-hybridized carbons (Fsp3) is 0.304. The van der Waals surface area contributed by atoms with Crippen LogP contribution in [0.5, 0.6) is 5.75 Å². The van der Waals surface area contributed by atoms with Crippen LogP contribution in [0.4, 0.5) is 0 Å². The lowest BCUT2D eigenvalue weighted by molar-refractivity contribution is 0.0772. The van der Waals surface area contributed by atoms with E-state index in [1.165, 1.54) is 5.56 Å². The second-order valence-corrected chi connectivity index (χ2v) is 7.60. The third kappa shape index (κ3) is 4.98. The number of nitrogens with zero attached hydrogens (tertiary/aromatic N) is 3. The Morgan fingerprint density at radius 3 is 2.48 bits per heavy atom. The smallest absolute Gasteiger partial charge is 0.257 e. The minimum Gasteiger partial charge on any atom is -0.490 e. The molecule has 3 rings (SSSR count). The highest BCUT2D eigenvalue weighted by molar-refractivity contribution is 6.32. The van der Waals surface area contributed by atoms with Gasteiger partial charge in [0.25, 0.3) is 5.91 Å². The fourth-order valence-electron chi connectivity index (χ4n) is 3.17. The first-order valence-electron chi connectivity index (χ1n) is 9.59. The van der Waals surface area contributed by atoms with Gasteiger partial charge in [-0.05, 0) is 38.5 Å². The second kappa shape index (κ2) is 9.14. The van der Waals surface area contributed by atoms with Crippen LogP contribution in [-0.2, 0) is 6.54 Å². The quantitative estimate of drug-likeness (QED) is 0.568. The van der Waals surface area contributed by atoms with Crippen molar-refractivity contribution in [3.8, 4) is 5.75 Å². The maximum Gasteiger partial charge on any atom is 0.257 e. The number of likely N-dealkylation sites (N-methyl/N-ethyl adjacent to an activating group) is 1. The Hall–Kier alpha value is -2.79. The van der Waals surface area contributed by atoms with Gasteiger partial charge in [0.1, 0.15) is 12.4 Å². The summed E-state index contributed by atoms with van der Waals surface area (Å²) in [5.41, 5.74) is 4.63. The van der Waals surface area contributed by atoms with Crippen molar-refractivity contribution >= 4 is 17.5 Å². The van der Waals surface area contributed by atoms with Gasteiger partial charge in [-0.25, -0.2) is 0 Å². The lowest BCUT2D eigenvalue weighted by atomic mass is 10.1. The minimum atomic E-state index is -0.0575. The fourth-order valence-corrected chi connectivity index (χ4v) is 3.36. The zero-order chi connectivity index (χ0) is 21.0. The van der Waals surface area contributed by atoms with Crippen LogP contribution in [0.3, 0.4) is 0 Å². The number of aromatic nitrogens is 2. The Balaban J connectivity index is 1.66. The Morgan fingerprint density at radius 1 is 1.10 bits per heavy atom. The molecule has 5 nitrogen and oxygen atoms in total. The molecule has 0 saturated heterocycles. The van der Waals surface area contributed by atoms with Gasteiger partial charge in [-0.1, -0.05) is 53.6 Å². The SMILES string of the molecule is Cc1ccc(Cn2nc(C)c(C(=O)N(C)CCOc3ccccc3Cl)c2C)cc1. The number of amides is 1. The molecule has 6 heteroatoms. The molecule has 0 bridgehead atoms. The standard InChI is InChI=1S/C23H26ClN3O2/c1-16-9-11-19(12-10-16)15-27-18(3)22(17(2)25-27)23(28)26(4)13-14-29-21-8-6-5-7-20(21)24/h5-12H,13-15H2,1-4H3. The number of para-hydroxylation sites is 1. The van der Waals surface area contributed by atoms with E-state index >= 15 is 0 Å². The van der Waals surface area contributed by atoms with E-state index in [9.17, 15) is 4.79 Å². The van der Waals surface area contributed by atoms with Crippen molar-refractivity contribution in [2.24, 2.45) is 0 Å². The van der Waals surface area contributed by atoms with E-state index < -0.39 is 0 Å². The summed E-state index contributed by atoms with van der Waals surface area (Å²) in [6.07, 6.45) is 0. The average molecular weight is 412 g/mol. The maximum absolute atomic E-state index is 13.0. The number of rotatable bonds is 7. The predicted octanol–water partition coefficient (Wildman–Crippen LogP) is 4.66. The first-order valence-corrected chi connectivity index (χ1v) is 9.97. The molecule has 0 spiro atoms. The lowest BCUT2D eigenvalue weighted by Gasteiger charge is -2.18. The maximum atomic E-state index is 13.0. The van der Waals surface area contributed by atoms with Crippen molar-refractivity contribution in [3.05, 3.63) is 81.6 Å². The molecule has 0 aliphatic carbocycles. The van der Waals surface area contributed by atoms with E-state index in [-0.39, 0.29) is 5.91 Å². The van der Waals surface area contributed by atoms with Gasteiger partial charge in [0.15, 0.2) is 0 Å². The van der Waals surface area contributed by atoms with Gasteiger partial charge in [-0.3, -0.25) is 9.48 Å². The van der Waals surface area contributed by atoms with Crippen molar-refractivity contribution in [1.82, 2.24) is 14.7 Å². The summed E-state index contributed by atoms with van der Waals surface area (Å²) in [7, 11) is 1.77. The number of hydrogen-bond donors (Lipinski definition) is 0. The number of carbonyl (C=O) groups excluding carboxylic acids is 1. The Kier molecular flexibility index (Phi) is 6.60. The van der Waals surface area contributed by atoms with E-state index in [0.717, 1.165) is 17.0 Å². The summed E-state index contributed by atoms with van der Waals surface area (Å²) in [6, 6.07) is 15.7. The highest BCUT2D eigenvalue weighted by Crippen LogP contribution is 2.23. The summed E-state index contributed by atoms with van der Waals surface area (Å²) in [5, 5.41) is 5.15. The zero-order valence-corrected chi connectivity index (χ0v) is 18.0. The van der Waals surface area contributed by atoms with Crippen molar-refractivity contribution in [2.45, 2.75) is 27.3 Å². The number of aryl methyl sites for hydroxylation is 2. The second-order valence-electron chi connectivity index (χ2n) is 7.19. The normalized spacial score (nSPS) is 10.8. The van der Waals surface area contributed by atoms with E-state index in [0.29, 0.717) is 36.0 Å². The first-order chi connectivity index (χ1) is 13.9. The molecular formula is C23H26ClN3O2. The van der Waals surface area contributed by atoms with E-state index in [2.05, 4.69) is 36.3 Å². The first kappa shape index (κ1) is 20.9. The van der Waals surface area contributed by atoms with Crippen LogP contribution >= 0.6 is 11.6 Å². The number of carbonyl (C=O) groups is 1. The van der Waals surface area contributed by atoms with Crippen LogP contribution in [0.15, 0.2) is 48.5 Å². The molecule has 0 aliphatic rings. The highest BCUT2D eigenvalue weighted by Gasteiger charge is 2.22. The summed E-state index contributed by atoms with van der Waals surface area (Å²) in [4.78, 5) is 14.7. The lowest BCUT2D eigenvalue weighted by Crippen LogP contribution is -2.31. The van der Waals surface area contributed by atoms with Gasteiger partial charge in [0, 0.05) is 12.7 Å². The highest BCUT2D eigenvalue weighted by atomic mass is 35.5. The van der Waals surface area contributed by atoms with Gasteiger partial charge in [-0.2, -0.15) is 5.10 Å². The Bertz CT molecular complexity index is 996. The van der Waals surface area contributed by atoms with Crippen LogP contribution in [-0.4, -0.2) is 40.8 Å². The van der Waals surface area contributed by atoms with Gasteiger partial charge in [0.2, 0.25) is 0 Å². The Morgan fingerprint density at radius 2 is 1.79 bits per heavy atom. The molecule has 0 saturated carbocycles. The molecule has 0 radical (unpaired) electrons. The van der Waals surface area contributed by atoms with Crippen LogP contribution in [0.2, 0.25) is 5.02 Å². The topological polar surface area (TPSA) is 47.4 Å². The van der Waals surface area contributed by atoms with Crippen LogP contribution in [0, 0.1) is 20.8 Å². The molecule has 0 fully saturated rings. The van der Waals surface area contributed by atoms with Crippen LogP contribution in [0.25, 0.3) is 0 Å². The zero-order valence-electron chi connectivity index (χ0n) is 17.3. The molecule has 0 unspecified atom stereocenters. The minimum absolute atomic E-state index is 0.0575. The molecule has 1 heterocycles. The van der Waals surface area contributed by atoms with E-state index in [1.807, 2.05) is 36.7 Å². The number of benzene rings is 2. The van der Waals surface area contributed by atoms with Crippen molar-refractivity contribution < 1.29 is 9.53 Å². The van der Waals surface area contributed by atoms with Crippen molar-refractivity contribution in [1.29, 1.82) is 0 Å². The van der Waals surface area contributed by atoms with Crippen LogP contribution < -0.4 is 4.74 Å². The van der Waals surface area contributed by atoms with Crippen LogP contribution in [0.1, 0.15) is 32.9 Å². The molecule has 0 N–H and O–H groups in total. The molecule has 2 aromatic carbocycles.